The summed E-state index contributed by atoms with van der Waals surface area (Å²) in [6, 6.07) is 0.603. The van der Waals surface area contributed by atoms with Gasteiger partial charge >= 0.3 is 0 Å². The highest BCUT2D eigenvalue weighted by Crippen LogP contribution is 2.14. The van der Waals surface area contributed by atoms with E-state index in [0.29, 0.717) is 11.9 Å². The highest BCUT2D eigenvalue weighted by molar-refractivity contribution is 5.85. The lowest BCUT2D eigenvalue weighted by Gasteiger charge is -2.20. The van der Waals surface area contributed by atoms with Gasteiger partial charge in [0.05, 0.1) is 6.04 Å². The number of rotatable bonds is 2. The van der Waals surface area contributed by atoms with E-state index in [9.17, 15) is 4.79 Å². The van der Waals surface area contributed by atoms with Gasteiger partial charge in [-0.1, -0.05) is 0 Å². The van der Waals surface area contributed by atoms with Crippen molar-refractivity contribution in [3.8, 4) is 0 Å². The molecule has 0 aromatic carbocycles. The molecule has 0 bridgehead atoms. The molecule has 2 aliphatic heterocycles. The predicted molar refractivity (Wildman–Crippen MR) is 62.3 cm³/mol. The Morgan fingerprint density at radius 2 is 2.27 bits per heavy atom. The Morgan fingerprint density at radius 1 is 1.47 bits per heavy atom. The van der Waals surface area contributed by atoms with Crippen LogP contribution in [-0.4, -0.2) is 49.6 Å². The molecule has 2 heterocycles. The summed E-state index contributed by atoms with van der Waals surface area (Å²) in [5.41, 5.74) is 0. The molecule has 1 amide bonds. The standard InChI is InChI=1S/C10H19N3O.ClH/c1-11-8-4-6-13(7-8)10(14)9-3-2-5-12-9;/h8-9,11-12H,2-7H2,1H3;1H. The SMILES string of the molecule is CNC1CCN(C(=O)C2CCCN2)C1.Cl. The highest BCUT2D eigenvalue weighted by Gasteiger charge is 2.31. The molecule has 0 aromatic rings. The van der Waals surface area contributed by atoms with Crippen LogP contribution in [0.5, 0.6) is 0 Å². The van der Waals surface area contributed by atoms with Crippen molar-refractivity contribution in [2.45, 2.75) is 31.3 Å². The lowest BCUT2D eigenvalue weighted by atomic mass is 10.2. The number of halogens is 1. The van der Waals surface area contributed by atoms with Crippen molar-refractivity contribution in [1.82, 2.24) is 15.5 Å². The quantitative estimate of drug-likeness (QED) is 0.705. The zero-order valence-corrected chi connectivity index (χ0v) is 9.98. The van der Waals surface area contributed by atoms with Gasteiger partial charge in [-0.05, 0) is 32.9 Å². The van der Waals surface area contributed by atoms with Gasteiger partial charge in [0.2, 0.25) is 5.91 Å². The molecule has 15 heavy (non-hydrogen) atoms. The van der Waals surface area contributed by atoms with Gasteiger partial charge in [-0.3, -0.25) is 4.79 Å². The van der Waals surface area contributed by atoms with Crippen molar-refractivity contribution in [3.05, 3.63) is 0 Å². The van der Waals surface area contributed by atoms with Crippen molar-refractivity contribution in [3.63, 3.8) is 0 Å². The van der Waals surface area contributed by atoms with Crippen LogP contribution < -0.4 is 10.6 Å². The maximum Gasteiger partial charge on any atom is 0.239 e. The number of likely N-dealkylation sites (tertiary alicyclic amines) is 1. The Bertz CT molecular complexity index is 219. The number of likely N-dealkylation sites (N-methyl/N-ethyl adjacent to an activating group) is 1. The molecule has 2 saturated heterocycles. The van der Waals surface area contributed by atoms with Gasteiger partial charge in [0.25, 0.3) is 0 Å². The molecule has 0 radical (unpaired) electrons. The minimum atomic E-state index is 0. The van der Waals surface area contributed by atoms with E-state index in [2.05, 4.69) is 10.6 Å². The first-order valence-electron chi connectivity index (χ1n) is 5.50. The van der Waals surface area contributed by atoms with Crippen LogP contribution in [0.4, 0.5) is 0 Å². The molecule has 2 N–H and O–H groups in total. The first kappa shape index (κ1) is 12.7. The number of carbonyl (C=O) groups excluding carboxylic acids is 1. The van der Waals surface area contributed by atoms with E-state index in [1.54, 1.807) is 0 Å². The second-order valence-corrected chi connectivity index (χ2v) is 4.21. The number of amides is 1. The van der Waals surface area contributed by atoms with Gasteiger partial charge in [0.15, 0.2) is 0 Å². The monoisotopic (exact) mass is 233 g/mol. The van der Waals surface area contributed by atoms with Gasteiger partial charge in [-0.2, -0.15) is 0 Å². The second kappa shape index (κ2) is 5.68. The minimum absolute atomic E-state index is 0. The molecule has 5 heteroatoms. The molecule has 2 fully saturated rings. The Hall–Kier alpha value is -0.320. The number of nitrogens with one attached hydrogen (secondary N) is 2. The Kier molecular flexibility index (Phi) is 4.83. The molecule has 2 rings (SSSR count). The lowest BCUT2D eigenvalue weighted by molar-refractivity contribution is -0.132. The molecular weight excluding hydrogens is 214 g/mol. The molecule has 2 unspecified atom stereocenters. The molecule has 2 atom stereocenters. The first-order valence-corrected chi connectivity index (χ1v) is 5.50. The van der Waals surface area contributed by atoms with Crippen LogP contribution in [0, 0.1) is 0 Å². The fraction of sp³-hybridized carbons (Fsp3) is 0.900. The third-order valence-corrected chi connectivity index (χ3v) is 3.27. The number of nitrogens with zero attached hydrogens (tertiary/aromatic N) is 1. The van der Waals surface area contributed by atoms with E-state index in [1.807, 2.05) is 11.9 Å². The molecule has 2 aliphatic rings. The second-order valence-electron chi connectivity index (χ2n) is 4.21. The van der Waals surface area contributed by atoms with Crippen LogP contribution in [-0.2, 0) is 4.79 Å². The number of carbonyl (C=O) groups is 1. The lowest BCUT2D eigenvalue weighted by Crippen LogP contribution is -2.43. The molecule has 4 nitrogen and oxygen atoms in total. The van der Waals surface area contributed by atoms with E-state index in [1.165, 1.54) is 0 Å². The average molecular weight is 234 g/mol. The zero-order chi connectivity index (χ0) is 9.97. The van der Waals surface area contributed by atoms with Gasteiger partial charge < -0.3 is 15.5 Å². The van der Waals surface area contributed by atoms with Crippen LogP contribution >= 0.6 is 12.4 Å². The summed E-state index contributed by atoms with van der Waals surface area (Å²) in [4.78, 5) is 13.9. The van der Waals surface area contributed by atoms with Crippen LogP contribution in [0.1, 0.15) is 19.3 Å². The van der Waals surface area contributed by atoms with Crippen molar-refractivity contribution in [1.29, 1.82) is 0 Å². The average Bonchev–Trinajstić information content (AvgIpc) is 2.88. The summed E-state index contributed by atoms with van der Waals surface area (Å²) in [7, 11) is 1.96. The maximum atomic E-state index is 11.9. The van der Waals surface area contributed by atoms with E-state index >= 15 is 0 Å². The summed E-state index contributed by atoms with van der Waals surface area (Å²) < 4.78 is 0. The first-order chi connectivity index (χ1) is 6.81. The predicted octanol–water partition coefficient (Wildman–Crippen LogP) is -0.0195. The summed E-state index contributed by atoms with van der Waals surface area (Å²) in [5, 5.41) is 6.48. The van der Waals surface area contributed by atoms with Crippen LogP contribution in [0.3, 0.4) is 0 Å². The third kappa shape index (κ3) is 2.83. The minimum Gasteiger partial charge on any atom is -0.340 e. The third-order valence-electron chi connectivity index (χ3n) is 3.27. The Morgan fingerprint density at radius 3 is 2.80 bits per heavy atom. The van der Waals surface area contributed by atoms with Crippen molar-refractivity contribution >= 4 is 18.3 Å². The molecule has 0 saturated carbocycles. The molecule has 0 aromatic heterocycles. The van der Waals surface area contributed by atoms with Crippen molar-refractivity contribution < 1.29 is 4.79 Å². The number of hydrogen-bond acceptors (Lipinski definition) is 3. The summed E-state index contributed by atoms with van der Waals surface area (Å²) in [6.07, 6.45) is 3.24. The highest BCUT2D eigenvalue weighted by atomic mass is 35.5. The van der Waals surface area contributed by atoms with E-state index in [0.717, 1.165) is 38.9 Å². The van der Waals surface area contributed by atoms with Crippen molar-refractivity contribution in [2.24, 2.45) is 0 Å². The van der Waals surface area contributed by atoms with Gasteiger partial charge in [-0.25, -0.2) is 0 Å². The van der Waals surface area contributed by atoms with E-state index in [4.69, 9.17) is 0 Å². The van der Waals surface area contributed by atoms with Gasteiger partial charge in [0, 0.05) is 19.1 Å². The van der Waals surface area contributed by atoms with E-state index < -0.39 is 0 Å². The summed E-state index contributed by atoms with van der Waals surface area (Å²) >= 11 is 0. The van der Waals surface area contributed by atoms with Crippen LogP contribution in [0.25, 0.3) is 0 Å². The molecule has 88 valence electrons. The fourth-order valence-electron chi connectivity index (χ4n) is 2.31. The Labute approximate surface area is 97.2 Å². The molecule has 0 aliphatic carbocycles. The van der Waals surface area contributed by atoms with Crippen LogP contribution in [0.2, 0.25) is 0 Å². The van der Waals surface area contributed by atoms with Gasteiger partial charge in [-0.15, -0.1) is 12.4 Å². The maximum absolute atomic E-state index is 11.9. The zero-order valence-electron chi connectivity index (χ0n) is 9.16. The normalized spacial score (nSPS) is 30.3. The largest absolute Gasteiger partial charge is 0.340 e. The molecular formula is C10H20ClN3O. The van der Waals surface area contributed by atoms with Crippen molar-refractivity contribution in [2.75, 3.05) is 26.7 Å². The summed E-state index contributed by atoms with van der Waals surface area (Å²) in [6.45, 7) is 2.80. The fourth-order valence-corrected chi connectivity index (χ4v) is 2.31. The topological polar surface area (TPSA) is 44.4 Å². The van der Waals surface area contributed by atoms with E-state index in [-0.39, 0.29) is 18.4 Å². The van der Waals surface area contributed by atoms with Crippen LogP contribution in [0.15, 0.2) is 0 Å². The van der Waals surface area contributed by atoms with Gasteiger partial charge in [0.1, 0.15) is 0 Å². The number of hydrogen-bond donors (Lipinski definition) is 2. The smallest absolute Gasteiger partial charge is 0.239 e. The Balaban J connectivity index is 0.00000112. The molecule has 0 spiro atoms. The summed E-state index contributed by atoms with van der Waals surface area (Å²) in [5.74, 6) is 0.306.